The number of hydrogen-bond donors (Lipinski definition) is 2. The van der Waals surface area contributed by atoms with Crippen molar-refractivity contribution in [2.24, 2.45) is 0 Å². The van der Waals surface area contributed by atoms with Gasteiger partial charge in [-0.25, -0.2) is 0 Å². The number of halogens is 1. The van der Waals surface area contributed by atoms with E-state index >= 15 is 0 Å². The van der Waals surface area contributed by atoms with E-state index in [4.69, 9.17) is 16.3 Å². The van der Waals surface area contributed by atoms with Crippen molar-refractivity contribution in [1.82, 2.24) is 0 Å². The number of carbonyl (C=O) groups excluding carboxylic acids is 2. The van der Waals surface area contributed by atoms with Crippen LogP contribution in [0, 0.1) is 13.8 Å². The number of carbonyl (C=O) groups is 2. The fourth-order valence-electron chi connectivity index (χ4n) is 2.38. The zero-order chi connectivity index (χ0) is 19.1. The van der Waals surface area contributed by atoms with E-state index in [1.54, 1.807) is 18.2 Å². The molecule has 0 unspecified atom stereocenters. The molecule has 2 amide bonds. The van der Waals surface area contributed by atoms with E-state index in [0.29, 0.717) is 35.8 Å². The smallest absolute Gasteiger partial charge is 0.224 e. The van der Waals surface area contributed by atoms with Gasteiger partial charge in [-0.15, -0.1) is 0 Å². The molecular weight excluding hydrogens is 352 g/mol. The highest BCUT2D eigenvalue weighted by atomic mass is 35.5. The predicted molar refractivity (Wildman–Crippen MR) is 105 cm³/mol. The molecule has 138 valence electrons. The Balaban J connectivity index is 1.81. The summed E-state index contributed by atoms with van der Waals surface area (Å²) in [5.74, 6) is 0.496. The molecule has 0 spiro atoms. The second-order valence-corrected chi connectivity index (χ2v) is 6.53. The van der Waals surface area contributed by atoms with Gasteiger partial charge in [0.15, 0.2) is 0 Å². The summed E-state index contributed by atoms with van der Waals surface area (Å²) >= 11 is 5.98. The molecule has 6 heteroatoms. The van der Waals surface area contributed by atoms with Crippen LogP contribution in [0.3, 0.4) is 0 Å². The lowest BCUT2D eigenvalue weighted by Crippen LogP contribution is -2.14. The topological polar surface area (TPSA) is 67.4 Å². The highest BCUT2D eigenvalue weighted by molar-refractivity contribution is 6.31. The Morgan fingerprint density at radius 2 is 1.81 bits per heavy atom. The molecule has 5 nitrogen and oxygen atoms in total. The fraction of sp³-hybridized carbons (Fsp3) is 0.300. The summed E-state index contributed by atoms with van der Waals surface area (Å²) in [6.07, 6.45) is 0.939. The number of anilines is 2. The third kappa shape index (κ3) is 6.08. The van der Waals surface area contributed by atoms with Crippen LogP contribution in [0.1, 0.15) is 30.9 Å². The average molecular weight is 375 g/mol. The van der Waals surface area contributed by atoms with Crippen LogP contribution < -0.4 is 15.4 Å². The van der Waals surface area contributed by atoms with Gasteiger partial charge in [-0.3, -0.25) is 9.59 Å². The number of ether oxygens (including phenoxy) is 1. The van der Waals surface area contributed by atoms with Gasteiger partial charge in [0, 0.05) is 29.7 Å². The molecule has 2 N–H and O–H groups in total. The highest BCUT2D eigenvalue weighted by Gasteiger charge is 2.07. The van der Waals surface area contributed by atoms with Crippen LogP contribution in [0.25, 0.3) is 0 Å². The van der Waals surface area contributed by atoms with Gasteiger partial charge in [0.25, 0.3) is 0 Å². The standard InChI is InChI=1S/C20H23ClN2O3/c1-13-6-7-16(22-15(3)24)12-19(13)23-20(25)5-4-10-26-17-8-9-18(21)14(2)11-17/h6-9,11-12H,4-5,10H2,1-3H3,(H,22,24)(H,23,25). The quantitative estimate of drug-likeness (QED) is 0.689. The van der Waals surface area contributed by atoms with Crippen molar-refractivity contribution in [2.45, 2.75) is 33.6 Å². The second kappa shape index (κ2) is 9.25. The van der Waals surface area contributed by atoms with Gasteiger partial charge >= 0.3 is 0 Å². The molecule has 0 bridgehead atoms. The van der Waals surface area contributed by atoms with Crippen molar-refractivity contribution < 1.29 is 14.3 Å². The van der Waals surface area contributed by atoms with Gasteiger partial charge in [0.1, 0.15) is 5.75 Å². The third-order valence-electron chi connectivity index (χ3n) is 3.78. The Kier molecular flexibility index (Phi) is 7.04. The van der Waals surface area contributed by atoms with Crippen LogP contribution in [0.15, 0.2) is 36.4 Å². The summed E-state index contributed by atoms with van der Waals surface area (Å²) in [6.45, 7) is 5.71. The molecule has 2 aromatic rings. The Morgan fingerprint density at radius 3 is 2.50 bits per heavy atom. The van der Waals surface area contributed by atoms with Gasteiger partial charge in [-0.2, -0.15) is 0 Å². The van der Waals surface area contributed by atoms with Crippen molar-refractivity contribution in [1.29, 1.82) is 0 Å². The van der Waals surface area contributed by atoms with Gasteiger partial charge < -0.3 is 15.4 Å². The van der Waals surface area contributed by atoms with E-state index in [1.165, 1.54) is 6.92 Å². The summed E-state index contributed by atoms with van der Waals surface area (Å²) < 4.78 is 5.64. The molecule has 26 heavy (non-hydrogen) atoms. The lowest BCUT2D eigenvalue weighted by molar-refractivity contribution is -0.116. The first-order chi connectivity index (χ1) is 12.3. The molecule has 0 aromatic heterocycles. The molecular formula is C20H23ClN2O3. The second-order valence-electron chi connectivity index (χ2n) is 6.12. The molecule has 0 atom stereocenters. The Morgan fingerprint density at radius 1 is 1.04 bits per heavy atom. The number of aryl methyl sites for hydroxylation is 2. The first-order valence-electron chi connectivity index (χ1n) is 8.42. The fourth-order valence-corrected chi connectivity index (χ4v) is 2.50. The Bertz CT molecular complexity index is 806. The zero-order valence-electron chi connectivity index (χ0n) is 15.2. The molecule has 0 saturated carbocycles. The maximum atomic E-state index is 12.1. The molecule has 0 fully saturated rings. The molecule has 2 aromatic carbocycles. The van der Waals surface area contributed by atoms with Gasteiger partial charge in [0.05, 0.1) is 6.61 Å². The van der Waals surface area contributed by atoms with Crippen LogP contribution in [0.2, 0.25) is 5.02 Å². The van der Waals surface area contributed by atoms with Crippen LogP contribution in [0.5, 0.6) is 5.75 Å². The molecule has 0 aliphatic carbocycles. The molecule has 0 heterocycles. The minimum Gasteiger partial charge on any atom is -0.494 e. The minimum absolute atomic E-state index is 0.0936. The minimum atomic E-state index is -0.152. The lowest BCUT2D eigenvalue weighted by atomic mass is 10.1. The van der Waals surface area contributed by atoms with Crippen LogP contribution in [-0.2, 0) is 9.59 Å². The number of amides is 2. The van der Waals surface area contributed by atoms with E-state index in [2.05, 4.69) is 10.6 Å². The molecule has 0 aliphatic heterocycles. The Labute approximate surface area is 158 Å². The van der Waals surface area contributed by atoms with Gasteiger partial charge in [-0.1, -0.05) is 17.7 Å². The molecule has 0 radical (unpaired) electrons. The normalized spacial score (nSPS) is 10.3. The van der Waals surface area contributed by atoms with Crippen LogP contribution in [0.4, 0.5) is 11.4 Å². The summed E-state index contributed by atoms with van der Waals surface area (Å²) in [5, 5.41) is 6.28. The van der Waals surface area contributed by atoms with E-state index < -0.39 is 0 Å². The Hall–Kier alpha value is -2.53. The van der Waals surface area contributed by atoms with Crippen molar-refractivity contribution >= 4 is 34.8 Å². The number of rotatable bonds is 7. The lowest BCUT2D eigenvalue weighted by Gasteiger charge is -2.11. The van der Waals surface area contributed by atoms with Crippen molar-refractivity contribution in [3.05, 3.63) is 52.5 Å². The van der Waals surface area contributed by atoms with E-state index in [9.17, 15) is 9.59 Å². The third-order valence-corrected chi connectivity index (χ3v) is 4.20. The van der Waals surface area contributed by atoms with Crippen LogP contribution in [-0.4, -0.2) is 18.4 Å². The number of benzene rings is 2. The molecule has 0 saturated heterocycles. The molecule has 0 aliphatic rings. The maximum Gasteiger partial charge on any atom is 0.224 e. The molecule has 2 rings (SSSR count). The number of hydrogen-bond acceptors (Lipinski definition) is 3. The average Bonchev–Trinajstić information content (AvgIpc) is 2.57. The van der Waals surface area contributed by atoms with Gasteiger partial charge in [0.2, 0.25) is 11.8 Å². The monoisotopic (exact) mass is 374 g/mol. The first kappa shape index (κ1) is 19.8. The van der Waals surface area contributed by atoms with Gasteiger partial charge in [-0.05, 0) is 61.7 Å². The van der Waals surface area contributed by atoms with Crippen molar-refractivity contribution in [2.75, 3.05) is 17.2 Å². The van der Waals surface area contributed by atoms with E-state index in [-0.39, 0.29) is 11.8 Å². The van der Waals surface area contributed by atoms with Crippen molar-refractivity contribution in [3.8, 4) is 5.75 Å². The first-order valence-corrected chi connectivity index (χ1v) is 8.80. The highest BCUT2D eigenvalue weighted by Crippen LogP contribution is 2.22. The van der Waals surface area contributed by atoms with E-state index in [0.717, 1.165) is 16.9 Å². The largest absolute Gasteiger partial charge is 0.494 e. The van der Waals surface area contributed by atoms with E-state index in [1.807, 2.05) is 32.0 Å². The summed E-state index contributed by atoms with van der Waals surface area (Å²) in [7, 11) is 0. The summed E-state index contributed by atoms with van der Waals surface area (Å²) in [5.41, 5.74) is 3.23. The number of nitrogens with one attached hydrogen (secondary N) is 2. The SMILES string of the molecule is CC(=O)Nc1ccc(C)c(NC(=O)CCCOc2ccc(Cl)c(C)c2)c1. The zero-order valence-corrected chi connectivity index (χ0v) is 15.9. The predicted octanol–water partition coefficient (Wildman–Crippen LogP) is 4.71. The van der Waals surface area contributed by atoms with Crippen molar-refractivity contribution in [3.63, 3.8) is 0 Å². The van der Waals surface area contributed by atoms with Crippen LogP contribution >= 0.6 is 11.6 Å². The summed E-state index contributed by atoms with van der Waals surface area (Å²) in [4.78, 5) is 23.3. The summed E-state index contributed by atoms with van der Waals surface area (Å²) in [6, 6.07) is 10.9. The maximum absolute atomic E-state index is 12.1.